The van der Waals surface area contributed by atoms with Gasteiger partial charge in [0.1, 0.15) is 9.84 Å². The second kappa shape index (κ2) is 4.33. The van der Waals surface area contributed by atoms with E-state index >= 15 is 0 Å². The zero-order valence-electron chi connectivity index (χ0n) is 10.1. The van der Waals surface area contributed by atoms with Crippen LogP contribution in [0.5, 0.6) is 0 Å². The Bertz CT molecular complexity index is 503. The van der Waals surface area contributed by atoms with Crippen molar-refractivity contribution in [2.45, 2.75) is 37.6 Å². The molecule has 0 bridgehead atoms. The highest BCUT2D eigenvalue weighted by atomic mass is 32.2. The minimum atomic E-state index is -2.94. The van der Waals surface area contributed by atoms with E-state index in [9.17, 15) is 8.42 Å². The summed E-state index contributed by atoms with van der Waals surface area (Å²) in [5, 5.41) is 3.11. The van der Waals surface area contributed by atoms with E-state index in [0.29, 0.717) is 6.42 Å². The number of hydrogen-bond acceptors (Lipinski definition) is 5. The van der Waals surface area contributed by atoms with Gasteiger partial charge in [-0.15, -0.1) is 11.3 Å². The van der Waals surface area contributed by atoms with Crippen molar-refractivity contribution in [3.05, 3.63) is 16.1 Å². The van der Waals surface area contributed by atoms with Crippen molar-refractivity contribution in [3.63, 3.8) is 0 Å². The minimum absolute atomic E-state index is 0.123. The van der Waals surface area contributed by atoms with E-state index in [2.05, 4.69) is 11.9 Å². The van der Waals surface area contributed by atoms with Gasteiger partial charge < -0.3 is 5.73 Å². The Morgan fingerprint density at radius 3 is 2.76 bits per heavy atom. The standard InChI is InChI=1S/C11H18N2O2S2/c1-11(4-5-11)10-13-9(7-16-10)8(12)3-6-17(2,14)15/h7-8H,3-6,12H2,1-2H3. The van der Waals surface area contributed by atoms with E-state index < -0.39 is 9.84 Å². The fraction of sp³-hybridized carbons (Fsp3) is 0.727. The molecule has 2 N–H and O–H groups in total. The highest BCUT2D eigenvalue weighted by Gasteiger charge is 2.41. The molecule has 1 heterocycles. The minimum Gasteiger partial charge on any atom is -0.323 e. The lowest BCUT2D eigenvalue weighted by Crippen LogP contribution is -2.16. The molecule has 0 aliphatic heterocycles. The molecule has 0 amide bonds. The van der Waals surface area contributed by atoms with Crippen molar-refractivity contribution in [3.8, 4) is 0 Å². The van der Waals surface area contributed by atoms with E-state index in [-0.39, 0.29) is 17.2 Å². The van der Waals surface area contributed by atoms with Crippen LogP contribution in [0, 0.1) is 0 Å². The third kappa shape index (κ3) is 3.26. The van der Waals surface area contributed by atoms with Crippen molar-refractivity contribution in [1.82, 2.24) is 4.98 Å². The average molecular weight is 274 g/mol. The van der Waals surface area contributed by atoms with E-state index in [0.717, 1.165) is 10.7 Å². The molecule has 6 heteroatoms. The van der Waals surface area contributed by atoms with Crippen LogP contribution < -0.4 is 5.73 Å². The van der Waals surface area contributed by atoms with Gasteiger partial charge >= 0.3 is 0 Å². The third-order valence-corrected chi connectivity index (χ3v) is 5.36. The number of thiazole rings is 1. The molecular weight excluding hydrogens is 256 g/mol. The van der Waals surface area contributed by atoms with Crippen molar-refractivity contribution in [2.24, 2.45) is 5.73 Å². The van der Waals surface area contributed by atoms with Gasteiger partial charge in [-0.1, -0.05) is 6.92 Å². The van der Waals surface area contributed by atoms with Gasteiger partial charge in [-0.2, -0.15) is 0 Å². The molecule has 1 aromatic rings. The van der Waals surface area contributed by atoms with Crippen LogP contribution >= 0.6 is 11.3 Å². The molecule has 1 unspecified atom stereocenters. The van der Waals surface area contributed by atoms with Gasteiger partial charge in [0.15, 0.2) is 0 Å². The second-order valence-corrected chi connectivity index (χ2v) is 8.28. The summed E-state index contributed by atoms with van der Waals surface area (Å²) in [5.74, 6) is 0.123. The van der Waals surface area contributed by atoms with Crippen molar-refractivity contribution >= 4 is 21.2 Å². The summed E-state index contributed by atoms with van der Waals surface area (Å²) in [6.45, 7) is 2.21. The second-order valence-electron chi connectivity index (χ2n) is 5.16. The van der Waals surface area contributed by atoms with E-state index in [1.54, 1.807) is 11.3 Å². The molecule has 1 fully saturated rings. The first-order chi connectivity index (χ1) is 7.80. The maximum Gasteiger partial charge on any atom is 0.147 e. The van der Waals surface area contributed by atoms with Crippen LogP contribution in [0.4, 0.5) is 0 Å². The molecule has 0 spiro atoms. The lowest BCUT2D eigenvalue weighted by Gasteiger charge is -2.08. The molecule has 0 saturated heterocycles. The predicted octanol–water partition coefficient (Wildman–Crippen LogP) is 1.63. The fourth-order valence-electron chi connectivity index (χ4n) is 1.62. The monoisotopic (exact) mass is 274 g/mol. The molecule has 1 saturated carbocycles. The average Bonchev–Trinajstić information content (AvgIpc) is 2.81. The van der Waals surface area contributed by atoms with Gasteiger partial charge in [0.25, 0.3) is 0 Å². The largest absolute Gasteiger partial charge is 0.323 e. The number of hydrogen-bond donors (Lipinski definition) is 1. The number of aromatic nitrogens is 1. The van der Waals surface area contributed by atoms with Crippen LogP contribution in [0.25, 0.3) is 0 Å². The van der Waals surface area contributed by atoms with Crippen LogP contribution in [0.3, 0.4) is 0 Å². The summed E-state index contributed by atoms with van der Waals surface area (Å²) in [6.07, 6.45) is 4.06. The van der Waals surface area contributed by atoms with Gasteiger partial charge in [0, 0.05) is 23.1 Å². The molecule has 0 aromatic carbocycles. The molecule has 0 radical (unpaired) electrons. The Morgan fingerprint density at radius 2 is 2.24 bits per heavy atom. The van der Waals surface area contributed by atoms with Crippen LogP contribution in [0.1, 0.15) is 42.9 Å². The zero-order valence-corrected chi connectivity index (χ0v) is 11.8. The normalized spacial score (nSPS) is 20.2. The maximum absolute atomic E-state index is 11.1. The van der Waals surface area contributed by atoms with Gasteiger partial charge in [0.2, 0.25) is 0 Å². The predicted molar refractivity (Wildman–Crippen MR) is 70.0 cm³/mol. The maximum atomic E-state index is 11.1. The van der Waals surface area contributed by atoms with Crippen molar-refractivity contribution < 1.29 is 8.42 Å². The number of rotatable bonds is 5. The SMILES string of the molecule is CC1(c2nc(C(N)CCS(C)(=O)=O)cs2)CC1. The van der Waals surface area contributed by atoms with Crippen LogP contribution in [-0.4, -0.2) is 25.4 Å². The summed E-state index contributed by atoms with van der Waals surface area (Å²) in [4.78, 5) is 4.54. The van der Waals surface area contributed by atoms with Gasteiger partial charge in [-0.3, -0.25) is 0 Å². The summed E-state index contributed by atoms with van der Waals surface area (Å²) >= 11 is 1.64. The van der Waals surface area contributed by atoms with Gasteiger partial charge in [-0.05, 0) is 19.3 Å². The smallest absolute Gasteiger partial charge is 0.147 e. The van der Waals surface area contributed by atoms with Gasteiger partial charge in [0.05, 0.1) is 16.5 Å². The van der Waals surface area contributed by atoms with Gasteiger partial charge in [-0.25, -0.2) is 13.4 Å². The summed E-state index contributed by atoms with van der Waals surface area (Å²) in [7, 11) is -2.94. The molecule has 17 heavy (non-hydrogen) atoms. The molecule has 1 aliphatic carbocycles. The lowest BCUT2D eigenvalue weighted by molar-refractivity contribution is 0.589. The Labute approximate surface area is 106 Å². The molecule has 4 nitrogen and oxygen atoms in total. The lowest BCUT2D eigenvalue weighted by atomic mass is 10.1. The molecule has 1 atom stereocenters. The molecule has 1 aliphatic rings. The molecular formula is C11H18N2O2S2. The Morgan fingerprint density at radius 1 is 1.59 bits per heavy atom. The summed E-state index contributed by atoms with van der Waals surface area (Å²) < 4.78 is 22.1. The van der Waals surface area contributed by atoms with Crippen LogP contribution in [0.15, 0.2) is 5.38 Å². The quantitative estimate of drug-likeness (QED) is 0.885. The molecule has 1 aromatic heterocycles. The summed E-state index contributed by atoms with van der Waals surface area (Å²) in [5.41, 5.74) is 7.06. The van der Waals surface area contributed by atoms with Crippen LogP contribution in [0.2, 0.25) is 0 Å². The number of sulfone groups is 1. The third-order valence-electron chi connectivity index (χ3n) is 3.22. The molecule has 2 rings (SSSR count). The highest BCUT2D eigenvalue weighted by molar-refractivity contribution is 7.90. The van der Waals surface area contributed by atoms with Crippen molar-refractivity contribution in [2.75, 3.05) is 12.0 Å². The Balaban J connectivity index is 2.00. The topological polar surface area (TPSA) is 73.0 Å². The first-order valence-electron chi connectivity index (χ1n) is 5.69. The van der Waals surface area contributed by atoms with E-state index in [1.807, 2.05) is 5.38 Å². The van der Waals surface area contributed by atoms with Crippen molar-refractivity contribution in [1.29, 1.82) is 0 Å². The van der Waals surface area contributed by atoms with E-state index in [1.165, 1.54) is 19.1 Å². The first-order valence-corrected chi connectivity index (χ1v) is 8.63. The molecule has 96 valence electrons. The van der Waals surface area contributed by atoms with E-state index in [4.69, 9.17) is 5.73 Å². The number of nitrogens with two attached hydrogens (primary N) is 1. The zero-order chi connectivity index (χ0) is 12.7. The highest BCUT2D eigenvalue weighted by Crippen LogP contribution is 2.48. The Kier molecular flexibility index (Phi) is 3.31. The first kappa shape index (κ1) is 13.0. The number of nitrogens with zero attached hydrogens (tertiary/aromatic N) is 1. The summed E-state index contributed by atoms with van der Waals surface area (Å²) in [6, 6.07) is -0.267. The Hall–Kier alpha value is -0.460. The van der Waals surface area contributed by atoms with Crippen LogP contribution in [-0.2, 0) is 15.3 Å². The fourth-order valence-corrected chi connectivity index (χ4v) is 3.41.